The van der Waals surface area contributed by atoms with E-state index in [2.05, 4.69) is 11.7 Å². The molecular weight excluding hydrogens is 188 g/mol. The molecule has 2 aliphatic rings. The molecule has 15 heavy (non-hydrogen) atoms. The van der Waals surface area contributed by atoms with Gasteiger partial charge in [0.2, 0.25) is 0 Å². The Labute approximate surface area is 93.5 Å². The largest absolute Gasteiger partial charge is 0.377 e. The van der Waals surface area contributed by atoms with Crippen molar-refractivity contribution in [3.05, 3.63) is 0 Å². The third kappa shape index (κ3) is 5.50. The first kappa shape index (κ1) is 12.9. The standard InChI is InChI=1S/C10H22N2.C2H4O/c1-2-8-10(11,12)9-6-4-3-5-7-9;1-2-3-1/h9H,2-8,11-12H2,1H3;1-2H2. The van der Waals surface area contributed by atoms with Gasteiger partial charge >= 0.3 is 0 Å². The van der Waals surface area contributed by atoms with Crippen LogP contribution in [0.2, 0.25) is 0 Å². The second-order valence-electron chi connectivity index (χ2n) is 4.81. The molecule has 90 valence electrons. The van der Waals surface area contributed by atoms with Crippen LogP contribution in [0.3, 0.4) is 0 Å². The van der Waals surface area contributed by atoms with Gasteiger partial charge in [0.15, 0.2) is 0 Å². The predicted octanol–water partition coefficient (Wildman–Crippen LogP) is 2.00. The zero-order valence-corrected chi connectivity index (χ0v) is 10.0. The van der Waals surface area contributed by atoms with Crippen molar-refractivity contribution in [2.45, 2.75) is 57.5 Å². The van der Waals surface area contributed by atoms with Gasteiger partial charge in [-0.05, 0) is 25.2 Å². The van der Waals surface area contributed by atoms with Crippen LogP contribution in [-0.4, -0.2) is 18.9 Å². The molecule has 0 amide bonds. The van der Waals surface area contributed by atoms with Crippen LogP contribution in [0, 0.1) is 5.92 Å². The van der Waals surface area contributed by atoms with Gasteiger partial charge in [0, 0.05) is 0 Å². The molecular formula is C12H26N2O. The Morgan fingerprint density at radius 1 is 1.13 bits per heavy atom. The Kier molecular flexibility index (Phi) is 5.58. The molecule has 0 radical (unpaired) electrons. The van der Waals surface area contributed by atoms with Crippen LogP contribution < -0.4 is 11.5 Å². The Morgan fingerprint density at radius 2 is 1.67 bits per heavy atom. The summed E-state index contributed by atoms with van der Waals surface area (Å²) >= 11 is 0. The summed E-state index contributed by atoms with van der Waals surface area (Å²) in [6, 6.07) is 0. The highest BCUT2D eigenvalue weighted by Gasteiger charge is 2.30. The maximum absolute atomic E-state index is 6.08. The zero-order valence-electron chi connectivity index (χ0n) is 10.0. The third-order valence-corrected chi connectivity index (χ3v) is 3.25. The van der Waals surface area contributed by atoms with Crippen LogP contribution in [0.15, 0.2) is 0 Å². The van der Waals surface area contributed by atoms with E-state index in [4.69, 9.17) is 11.5 Å². The molecule has 0 aromatic heterocycles. The summed E-state index contributed by atoms with van der Waals surface area (Å²) in [5, 5.41) is 0. The molecule has 1 heterocycles. The first-order valence-electron chi connectivity index (χ1n) is 6.32. The highest BCUT2D eigenvalue weighted by molar-refractivity contribution is 4.86. The topological polar surface area (TPSA) is 64.6 Å². The van der Waals surface area contributed by atoms with E-state index in [0.717, 1.165) is 26.1 Å². The smallest absolute Gasteiger partial charge is 0.0701 e. The molecule has 0 bridgehead atoms. The van der Waals surface area contributed by atoms with Crippen molar-refractivity contribution in [1.29, 1.82) is 0 Å². The summed E-state index contributed by atoms with van der Waals surface area (Å²) in [7, 11) is 0. The van der Waals surface area contributed by atoms with Gasteiger partial charge in [-0.15, -0.1) is 0 Å². The fourth-order valence-electron chi connectivity index (χ4n) is 2.28. The Hall–Kier alpha value is -0.120. The molecule has 1 aliphatic heterocycles. The quantitative estimate of drug-likeness (QED) is 0.558. The van der Waals surface area contributed by atoms with E-state index in [1.165, 1.54) is 32.1 Å². The van der Waals surface area contributed by atoms with Crippen molar-refractivity contribution in [3.63, 3.8) is 0 Å². The second-order valence-corrected chi connectivity index (χ2v) is 4.81. The van der Waals surface area contributed by atoms with E-state index >= 15 is 0 Å². The van der Waals surface area contributed by atoms with Crippen LogP contribution in [0.25, 0.3) is 0 Å². The van der Waals surface area contributed by atoms with Gasteiger partial charge in [-0.3, -0.25) is 0 Å². The summed E-state index contributed by atoms with van der Waals surface area (Å²) in [6.45, 7) is 4.15. The lowest BCUT2D eigenvalue weighted by Crippen LogP contribution is -2.55. The van der Waals surface area contributed by atoms with E-state index in [0.29, 0.717) is 5.92 Å². The monoisotopic (exact) mass is 214 g/mol. The molecule has 0 aromatic rings. The summed E-state index contributed by atoms with van der Waals surface area (Å²) in [5.41, 5.74) is 11.8. The fraction of sp³-hybridized carbons (Fsp3) is 1.00. The van der Waals surface area contributed by atoms with Crippen molar-refractivity contribution in [1.82, 2.24) is 0 Å². The van der Waals surface area contributed by atoms with Gasteiger partial charge in [0.25, 0.3) is 0 Å². The lowest BCUT2D eigenvalue weighted by Gasteiger charge is -2.36. The first-order chi connectivity index (χ1) is 7.17. The van der Waals surface area contributed by atoms with Gasteiger partial charge in [-0.1, -0.05) is 32.6 Å². The number of nitrogens with two attached hydrogens (primary N) is 2. The van der Waals surface area contributed by atoms with E-state index in [1.54, 1.807) is 0 Å². The molecule has 0 aromatic carbocycles. The molecule has 0 unspecified atom stereocenters. The SMILES string of the molecule is C1CO1.CCCC(N)(N)C1CCCCC1. The van der Waals surface area contributed by atoms with Crippen molar-refractivity contribution in [2.24, 2.45) is 17.4 Å². The van der Waals surface area contributed by atoms with Crippen molar-refractivity contribution >= 4 is 0 Å². The summed E-state index contributed by atoms with van der Waals surface area (Å²) in [4.78, 5) is 0. The molecule has 1 saturated carbocycles. The molecule has 2 fully saturated rings. The first-order valence-corrected chi connectivity index (χ1v) is 6.32. The van der Waals surface area contributed by atoms with Crippen LogP contribution in [0.1, 0.15) is 51.9 Å². The van der Waals surface area contributed by atoms with Crippen molar-refractivity contribution < 1.29 is 4.74 Å². The maximum atomic E-state index is 6.08. The average Bonchev–Trinajstić information content (AvgIpc) is 3.06. The number of hydrogen-bond donors (Lipinski definition) is 2. The number of rotatable bonds is 3. The minimum Gasteiger partial charge on any atom is -0.377 e. The average molecular weight is 214 g/mol. The zero-order chi connectivity index (χ0) is 11.1. The molecule has 3 heteroatoms. The molecule has 0 atom stereocenters. The lowest BCUT2D eigenvalue weighted by atomic mass is 9.79. The minimum absolute atomic E-state index is 0.380. The Morgan fingerprint density at radius 3 is 2.07 bits per heavy atom. The van der Waals surface area contributed by atoms with Gasteiger partial charge < -0.3 is 16.2 Å². The molecule has 1 aliphatic carbocycles. The van der Waals surface area contributed by atoms with Gasteiger partial charge in [-0.25, -0.2) is 0 Å². The molecule has 1 saturated heterocycles. The van der Waals surface area contributed by atoms with Crippen LogP contribution in [0.5, 0.6) is 0 Å². The lowest BCUT2D eigenvalue weighted by molar-refractivity contribution is 0.197. The molecule has 3 nitrogen and oxygen atoms in total. The summed E-state index contributed by atoms with van der Waals surface area (Å²) in [5.74, 6) is 0.575. The Balaban J connectivity index is 0.000000319. The molecule has 0 spiro atoms. The van der Waals surface area contributed by atoms with E-state index in [9.17, 15) is 0 Å². The Bertz CT molecular complexity index is 160. The van der Waals surface area contributed by atoms with Gasteiger partial charge in [0.05, 0.1) is 18.9 Å². The predicted molar refractivity (Wildman–Crippen MR) is 63.4 cm³/mol. The summed E-state index contributed by atoms with van der Waals surface area (Å²) in [6.07, 6.45) is 8.58. The van der Waals surface area contributed by atoms with Gasteiger partial charge in [0.1, 0.15) is 0 Å². The summed E-state index contributed by atoms with van der Waals surface area (Å²) < 4.78 is 4.50. The van der Waals surface area contributed by atoms with Crippen LogP contribution in [0.4, 0.5) is 0 Å². The van der Waals surface area contributed by atoms with E-state index in [-0.39, 0.29) is 5.66 Å². The van der Waals surface area contributed by atoms with Crippen LogP contribution in [-0.2, 0) is 4.74 Å². The second kappa shape index (κ2) is 6.46. The maximum Gasteiger partial charge on any atom is 0.0701 e. The number of ether oxygens (including phenoxy) is 1. The normalized spacial score (nSPS) is 21.8. The van der Waals surface area contributed by atoms with Crippen molar-refractivity contribution in [3.8, 4) is 0 Å². The van der Waals surface area contributed by atoms with Gasteiger partial charge in [-0.2, -0.15) is 0 Å². The molecule has 2 rings (SSSR count). The fourth-order valence-corrected chi connectivity index (χ4v) is 2.28. The number of epoxide rings is 1. The minimum atomic E-state index is -0.380. The van der Waals surface area contributed by atoms with Crippen LogP contribution >= 0.6 is 0 Å². The molecule has 4 N–H and O–H groups in total. The van der Waals surface area contributed by atoms with Crippen molar-refractivity contribution in [2.75, 3.05) is 13.2 Å². The van der Waals surface area contributed by atoms with E-state index < -0.39 is 0 Å². The van der Waals surface area contributed by atoms with E-state index in [1.807, 2.05) is 0 Å². The third-order valence-electron chi connectivity index (χ3n) is 3.25. The highest BCUT2D eigenvalue weighted by atomic mass is 16.6. The number of hydrogen-bond acceptors (Lipinski definition) is 3. The highest BCUT2D eigenvalue weighted by Crippen LogP contribution is 2.30.